The summed E-state index contributed by atoms with van der Waals surface area (Å²) in [5.74, 6) is 0.151. The van der Waals surface area contributed by atoms with Gasteiger partial charge in [-0.2, -0.15) is 0 Å². The van der Waals surface area contributed by atoms with Gasteiger partial charge in [-0.3, -0.25) is 9.59 Å². The number of carbonyl (C=O) groups excluding carboxylic acids is 2. The average molecular weight is 316 g/mol. The molecule has 3 rings (SSSR count). The van der Waals surface area contributed by atoms with Gasteiger partial charge < -0.3 is 10.6 Å². The van der Waals surface area contributed by atoms with Crippen LogP contribution in [0, 0.1) is 0 Å². The topological polar surface area (TPSA) is 58.2 Å². The normalized spacial score (nSPS) is 13.3. The molecule has 2 aromatic rings. The van der Waals surface area contributed by atoms with Crippen molar-refractivity contribution in [1.82, 2.24) is 0 Å². The number of hydrogen-bond donors (Lipinski definition) is 3. The number of amides is 2. The monoisotopic (exact) mass is 316 g/mol. The molecule has 0 aromatic heterocycles. The van der Waals surface area contributed by atoms with Gasteiger partial charge in [-0.15, -0.1) is 24.4 Å². The maximum absolute atomic E-state index is 12.2. The molecule has 0 radical (unpaired) electrons. The SMILES string of the molecule is O=C1CSc2ccc(C(=O)Nc3ccc(S)cc3)cc2N1. The third kappa shape index (κ3) is 3.22. The summed E-state index contributed by atoms with van der Waals surface area (Å²) >= 11 is 5.67. The largest absolute Gasteiger partial charge is 0.324 e. The first-order chi connectivity index (χ1) is 10.1. The van der Waals surface area contributed by atoms with Gasteiger partial charge >= 0.3 is 0 Å². The second-order valence-electron chi connectivity index (χ2n) is 4.55. The van der Waals surface area contributed by atoms with Crippen LogP contribution in [0.25, 0.3) is 0 Å². The summed E-state index contributed by atoms with van der Waals surface area (Å²) in [6, 6.07) is 12.5. The highest BCUT2D eigenvalue weighted by molar-refractivity contribution is 8.00. The van der Waals surface area contributed by atoms with Gasteiger partial charge in [0.25, 0.3) is 5.91 Å². The minimum Gasteiger partial charge on any atom is -0.324 e. The van der Waals surface area contributed by atoms with Crippen LogP contribution in [-0.4, -0.2) is 17.6 Å². The first-order valence-electron chi connectivity index (χ1n) is 6.29. The summed E-state index contributed by atoms with van der Waals surface area (Å²) in [6.45, 7) is 0. The predicted molar refractivity (Wildman–Crippen MR) is 87.4 cm³/mol. The van der Waals surface area contributed by atoms with Crippen LogP contribution in [0.5, 0.6) is 0 Å². The number of rotatable bonds is 2. The van der Waals surface area contributed by atoms with Crippen LogP contribution in [-0.2, 0) is 4.79 Å². The Hall–Kier alpha value is -1.92. The zero-order chi connectivity index (χ0) is 14.8. The van der Waals surface area contributed by atoms with Gasteiger partial charge in [0.2, 0.25) is 5.91 Å². The van der Waals surface area contributed by atoms with Gasteiger partial charge in [0, 0.05) is 21.0 Å². The number of anilines is 2. The van der Waals surface area contributed by atoms with Crippen molar-refractivity contribution in [2.24, 2.45) is 0 Å². The molecule has 6 heteroatoms. The minimum absolute atomic E-state index is 0.0468. The van der Waals surface area contributed by atoms with Gasteiger partial charge in [-0.05, 0) is 42.5 Å². The maximum atomic E-state index is 12.2. The Bertz CT molecular complexity index is 714. The Morgan fingerprint density at radius 3 is 2.71 bits per heavy atom. The Kier molecular flexibility index (Phi) is 3.90. The molecule has 0 fully saturated rings. The van der Waals surface area contributed by atoms with E-state index in [4.69, 9.17) is 0 Å². The number of carbonyl (C=O) groups is 2. The van der Waals surface area contributed by atoms with Gasteiger partial charge in [-0.25, -0.2) is 0 Å². The van der Waals surface area contributed by atoms with Crippen LogP contribution in [0.1, 0.15) is 10.4 Å². The van der Waals surface area contributed by atoms with Crippen molar-refractivity contribution in [3.05, 3.63) is 48.0 Å². The molecule has 0 aliphatic carbocycles. The smallest absolute Gasteiger partial charge is 0.255 e. The van der Waals surface area contributed by atoms with E-state index in [1.807, 2.05) is 18.2 Å². The summed E-state index contributed by atoms with van der Waals surface area (Å²) in [4.78, 5) is 25.4. The van der Waals surface area contributed by atoms with Crippen molar-refractivity contribution >= 4 is 47.6 Å². The lowest BCUT2D eigenvalue weighted by Gasteiger charge is -2.17. The lowest BCUT2D eigenvalue weighted by Crippen LogP contribution is -2.19. The third-order valence-corrected chi connectivity index (χ3v) is 4.37. The Balaban J connectivity index is 1.80. The molecule has 1 heterocycles. The molecule has 0 saturated heterocycles. The number of hydrogen-bond acceptors (Lipinski definition) is 4. The number of thiol groups is 1. The van der Waals surface area contributed by atoms with Gasteiger partial charge in [0.1, 0.15) is 0 Å². The number of thioether (sulfide) groups is 1. The zero-order valence-corrected chi connectivity index (χ0v) is 12.6. The minimum atomic E-state index is -0.213. The van der Waals surface area contributed by atoms with E-state index in [-0.39, 0.29) is 11.8 Å². The Labute approximate surface area is 131 Å². The first-order valence-corrected chi connectivity index (χ1v) is 7.72. The van der Waals surface area contributed by atoms with E-state index in [0.717, 1.165) is 9.79 Å². The van der Waals surface area contributed by atoms with Crippen LogP contribution >= 0.6 is 24.4 Å². The summed E-state index contributed by atoms with van der Waals surface area (Å²) in [5, 5.41) is 5.59. The van der Waals surface area contributed by atoms with Crippen molar-refractivity contribution < 1.29 is 9.59 Å². The van der Waals surface area contributed by atoms with Gasteiger partial charge in [0.05, 0.1) is 11.4 Å². The first kappa shape index (κ1) is 14.0. The van der Waals surface area contributed by atoms with E-state index in [2.05, 4.69) is 23.3 Å². The third-order valence-electron chi connectivity index (χ3n) is 3.00. The molecule has 0 saturated carbocycles. The van der Waals surface area contributed by atoms with E-state index in [0.29, 0.717) is 22.7 Å². The molecule has 21 heavy (non-hydrogen) atoms. The van der Waals surface area contributed by atoms with Crippen LogP contribution in [0.15, 0.2) is 52.3 Å². The highest BCUT2D eigenvalue weighted by atomic mass is 32.2. The van der Waals surface area contributed by atoms with Crippen LogP contribution in [0.4, 0.5) is 11.4 Å². The molecule has 2 amide bonds. The molecule has 2 aromatic carbocycles. The summed E-state index contributed by atoms with van der Waals surface area (Å²) in [7, 11) is 0. The van der Waals surface area contributed by atoms with Crippen LogP contribution in [0.3, 0.4) is 0 Å². The molecule has 0 unspecified atom stereocenters. The fourth-order valence-electron chi connectivity index (χ4n) is 1.97. The highest BCUT2D eigenvalue weighted by Crippen LogP contribution is 2.32. The van der Waals surface area contributed by atoms with Crippen molar-refractivity contribution in [3.8, 4) is 0 Å². The zero-order valence-electron chi connectivity index (χ0n) is 10.9. The van der Waals surface area contributed by atoms with Crippen molar-refractivity contribution in [3.63, 3.8) is 0 Å². The molecular formula is C15H12N2O2S2. The molecule has 1 aliphatic heterocycles. The number of benzene rings is 2. The fraction of sp³-hybridized carbons (Fsp3) is 0.0667. The second-order valence-corrected chi connectivity index (χ2v) is 6.08. The molecule has 0 atom stereocenters. The second kappa shape index (κ2) is 5.83. The van der Waals surface area contributed by atoms with Crippen molar-refractivity contribution in [2.45, 2.75) is 9.79 Å². The predicted octanol–water partition coefficient (Wildman–Crippen LogP) is 3.27. The van der Waals surface area contributed by atoms with E-state index < -0.39 is 0 Å². The van der Waals surface area contributed by atoms with Crippen molar-refractivity contribution in [2.75, 3.05) is 16.4 Å². The summed E-state index contributed by atoms with van der Waals surface area (Å²) in [5.41, 5.74) is 1.90. The number of nitrogens with one attached hydrogen (secondary N) is 2. The van der Waals surface area contributed by atoms with Crippen LogP contribution < -0.4 is 10.6 Å². The van der Waals surface area contributed by atoms with E-state index in [1.165, 1.54) is 11.8 Å². The lowest BCUT2D eigenvalue weighted by atomic mass is 10.1. The average Bonchev–Trinajstić information content (AvgIpc) is 2.48. The quantitative estimate of drug-likeness (QED) is 0.745. The molecule has 2 N–H and O–H groups in total. The summed E-state index contributed by atoms with van der Waals surface area (Å²) < 4.78 is 0. The Morgan fingerprint density at radius 2 is 1.95 bits per heavy atom. The van der Waals surface area contributed by atoms with Gasteiger partial charge in [-0.1, -0.05) is 0 Å². The molecule has 106 valence electrons. The summed E-state index contributed by atoms with van der Waals surface area (Å²) in [6.07, 6.45) is 0. The highest BCUT2D eigenvalue weighted by Gasteiger charge is 2.17. The van der Waals surface area contributed by atoms with E-state index in [1.54, 1.807) is 24.3 Å². The maximum Gasteiger partial charge on any atom is 0.255 e. The standard InChI is InChI=1S/C15H12N2O2S2/c18-14-8-21-13-6-1-9(7-12(13)17-14)15(19)16-10-2-4-11(20)5-3-10/h1-7,20H,8H2,(H,16,19)(H,17,18). The number of fused-ring (bicyclic) bond motifs is 1. The molecule has 0 bridgehead atoms. The molecular weight excluding hydrogens is 304 g/mol. The molecule has 0 spiro atoms. The fourth-order valence-corrected chi connectivity index (χ4v) is 2.91. The Morgan fingerprint density at radius 1 is 1.19 bits per heavy atom. The van der Waals surface area contributed by atoms with E-state index >= 15 is 0 Å². The molecule has 1 aliphatic rings. The van der Waals surface area contributed by atoms with Gasteiger partial charge in [0.15, 0.2) is 0 Å². The van der Waals surface area contributed by atoms with Crippen LogP contribution in [0.2, 0.25) is 0 Å². The van der Waals surface area contributed by atoms with Crippen molar-refractivity contribution in [1.29, 1.82) is 0 Å². The lowest BCUT2D eigenvalue weighted by molar-refractivity contribution is -0.113. The molecule has 4 nitrogen and oxygen atoms in total. The van der Waals surface area contributed by atoms with E-state index in [9.17, 15) is 9.59 Å².